The first-order valence-corrected chi connectivity index (χ1v) is 5.26. The lowest BCUT2D eigenvalue weighted by atomic mass is 10.3. The van der Waals surface area contributed by atoms with Crippen molar-refractivity contribution in [2.75, 3.05) is 5.06 Å². The highest BCUT2D eigenvalue weighted by Gasteiger charge is 2.33. The third kappa shape index (κ3) is 1.96. The van der Waals surface area contributed by atoms with Crippen LogP contribution in [0.2, 0.25) is 0 Å². The van der Waals surface area contributed by atoms with Crippen LogP contribution in [0.15, 0.2) is 28.7 Å². The molecule has 0 aromatic heterocycles. The molecule has 1 fully saturated rings. The van der Waals surface area contributed by atoms with E-state index < -0.39 is 0 Å². The summed E-state index contributed by atoms with van der Waals surface area (Å²) >= 11 is 3.29. The van der Waals surface area contributed by atoms with Gasteiger partial charge in [-0.25, -0.2) is 0 Å². The molecule has 1 N–H and O–H groups in total. The SMILES string of the molecule is O=C(C1CC1)N(O)c1ccc(Br)cc1. The minimum absolute atomic E-state index is 0.0312. The van der Waals surface area contributed by atoms with E-state index in [-0.39, 0.29) is 11.8 Å². The van der Waals surface area contributed by atoms with Gasteiger partial charge in [0, 0.05) is 10.4 Å². The molecule has 1 aliphatic rings. The van der Waals surface area contributed by atoms with Gasteiger partial charge in [-0.05, 0) is 37.1 Å². The fraction of sp³-hybridized carbons (Fsp3) is 0.300. The lowest BCUT2D eigenvalue weighted by Gasteiger charge is -2.14. The number of hydrogen-bond acceptors (Lipinski definition) is 2. The van der Waals surface area contributed by atoms with E-state index in [1.807, 2.05) is 0 Å². The quantitative estimate of drug-likeness (QED) is 0.652. The average molecular weight is 256 g/mol. The van der Waals surface area contributed by atoms with Crippen LogP contribution in [0.3, 0.4) is 0 Å². The molecule has 0 radical (unpaired) electrons. The summed E-state index contributed by atoms with van der Waals surface area (Å²) in [5.41, 5.74) is 0.519. The first kappa shape index (κ1) is 9.68. The minimum atomic E-state index is -0.202. The number of carbonyl (C=O) groups is 1. The molecule has 1 aliphatic carbocycles. The van der Waals surface area contributed by atoms with Crippen molar-refractivity contribution in [1.82, 2.24) is 0 Å². The zero-order valence-corrected chi connectivity index (χ0v) is 9.07. The van der Waals surface area contributed by atoms with Gasteiger partial charge in [0.25, 0.3) is 5.91 Å². The molecule has 0 bridgehead atoms. The van der Waals surface area contributed by atoms with Crippen molar-refractivity contribution < 1.29 is 10.0 Å². The topological polar surface area (TPSA) is 40.5 Å². The molecule has 1 amide bonds. The third-order valence-electron chi connectivity index (χ3n) is 2.21. The molecule has 74 valence electrons. The maximum absolute atomic E-state index is 11.5. The van der Waals surface area contributed by atoms with Crippen molar-refractivity contribution in [2.24, 2.45) is 5.92 Å². The van der Waals surface area contributed by atoms with Crippen molar-refractivity contribution in [3.05, 3.63) is 28.7 Å². The summed E-state index contributed by atoms with van der Waals surface area (Å²) in [7, 11) is 0. The van der Waals surface area contributed by atoms with Gasteiger partial charge in [0.05, 0.1) is 5.69 Å². The Hall–Kier alpha value is -0.870. The van der Waals surface area contributed by atoms with E-state index in [1.54, 1.807) is 24.3 Å². The second kappa shape index (κ2) is 3.71. The van der Waals surface area contributed by atoms with Crippen molar-refractivity contribution >= 4 is 27.5 Å². The van der Waals surface area contributed by atoms with Gasteiger partial charge < -0.3 is 0 Å². The van der Waals surface area contributed by atoms with Crippen molar-refractivity contribution in [2.45, 2.75) is 12.8 Å². The number of amides is 1. The van der Waals surface area contributed by atoms with E-state index in [4.69, 9.17) is 0 Å². The molecule has 0 spiro atoms. The van der Waals surface area contributed by atoms with Gasteiger partial charge in [-0.15, -0.1) is 0 Å². The van der Waals surface area contributed by atoms with Crippen LogP contribution in [0.5, 0.6) is 0 Å². The molecule has 0 atom stereocenters. The Labute approximate surface area is 90.4 Å². The summed E-state index contributed by atoms with van der Waals surface area (Å²) < 4.78 is 0.925. The fourth-order valence-electron chi connectivity index (χ4n) is 1.21. The number of anilines is 1. The van der Waals surface area contributed by atoms with Crippen LogP contribution in [0.25, 0.3) is 0 Å². The van der Waals surface area contributed by atoms with E-state index in [2.05, 4.69) is 15.9 Å². The number of carbonyl (C=O) groups excluding carboxylic acids is 1. The second-order valence-electron chi connectivity index (χ2n) is 3.40. The standard InChI is InChI=1S/C10H10BrNO2/c11-8-3-5-9(6-4-8)12(14)10(13)7-1-2-7/h3-7,14H,1-2H2. The molecular formula is C10H10BrNO2. The maximum Gasteiger partial charge on any atom is 0.253 e. The fourth-order valence-corrected chi connectivity index (χ4v) is 1.48. The summed E-state index contributed by atoms with van der Waals surface area (Å²) in [5, 5.41) is 10.3. The van der Waals surface area contributed by atoms with Gasteiger partial charge in [0.2, 0.25) is 0 Å². The average Bonchev–Trinajstić information content (AvgIpc) is 3.00. The number of halogens is 1. The molecule has 0 unspecified atom stereocenters. The monoisotopic (exact) mass is 255 g/mol. The summed E-state index contributed by atoms with van der Waals surface area (Å²) in [6, 6.07) is 6.98. The van der Waals surface area contributed by atoms with Gasteiger partial charge in [0.1, 0.15) is 0 Å². The van der Waals surface area contributed by atoms with Crippen LogP contribution in [0, 0.1) is 5.92 Å². The summed E-state index contributed by atoms with van der Waals surface area (Å²) in [5.74, 6) is -0.170. The van der Waals surface area contributed by atoms with Crippen LogP contribution in [-0.2, 0) is 4.79 Å². The van der Waals surface area contributed by atoms with E-state index in [9.17, 15) is 10.0 Å². The largest absolute Gasteiger partial charge is 0.281 e. The van der Waals surface area contributed by atoms with Crippen molar-refractivity contribution in [3.63, 3.8) is 0 Å². The van der Waals surface area contributed by atoms with E-state index in [0.717, 1.165) is 22.4 Å². The van der Waals surface area contributed by atoms with Crippen LogP contribution >= 0.6 is 15.9 Å². The number of benzene rings is 1. The van der Waals surface area contributed by atoms with Crippen LogP contribution < -0.4 is 5.06 Å². The van der Waals surface area contributed by atoms with E-state index in [1.165, 1.54) is 0 Å². The first-order chi connectivity index (χ1) is 6.68. The number of hydroxylamine groups is 1. The summed E-state index contributed by atoms with van der Waals surface area (Å²) in [4.78, 5) is 11.5. The van der Waals surface area contributed by atoms with Crippen LogP contribution in [0.4, 0.5) is 5.69 Å². The molecule has 1 aromatic rings. The predicted octanol–water partition coefficient (Wildman–Crippen LogP) is 2.58. The van der Waals surface area contributed by atoms with Gasteiger partial charge >= 0.3 is 0 Å². The highest BCUT2D eigenvalue weighted by Crippen LogP contribution is 2.32. The van der Waals surface area contributed by atoms with Crippen LogP contribution in [0.1, 0.15) is 12.8 Å². The molecule has 0 heterocycles. The Balaban J connectivity index is 2.13. The zero-order chi connectivity index (χ0) is 10.1. The molecule has 3 nitrogen and oxygen atoms in total. The van der Waals surface area contributed by atoms with Gasteiger partial charge in [0.15, 0.2) is 0 Å². The normalized spacial score (nSPS) is 15.3. The zero-order valence-electron chi connectivity index (χ0n) is 7.48. The van der Waals surface area contributed by atoms with Crippen LogP contribution in [-0.4, -0.2) is 11.1 Å². The highest BCUT2D eigenvalue weighted by molar-refractivity contribution is 9.10. The molecule has 4 heteroatoms. The maximum atomic E-state index is 11.5. The summed E-state index contributed by atoms with van der Waals surface area (Å²) in [6.07, 6.45) is 1.79. The Morgan fingerprint density at radius 2 is 1.93 bits per heavy atom. The van der Waals surface area contributed by atoms with E-state index >= 15 is 0 Å². The molecule has 1 saturated carbocycles. The third-order valence-corrected chi connectivity index (χ3v) is 2.74. The number of rotatable bonds is 2. The van der Waals surface area contributed by atoms with Gasteiger partial charge in [-0.2, -0.15) is 5.06 Å². The highest BCUT2D eigenvalue weighted by atomic mass is 79.9. The molecule has 0 aliphatic heterocycles. The Bertz CT molecular complexity index is 346. The van der Waals surface area contributed by atoms with Crippen molar-refractivity contribution in [1.29, 1.82) is 0 Å². The lowest BCUT2D eigenvalue weighted by molar-refractivity contribution is -0.124. The minimum Gasteiger partial charge on any atom is -0.281 e. The Morgan fingerprint density at radius 3 is 2.43 bits per heavy atom. The molecular weight excluding hydrogens is 246 g/mol. The molecule has 1 aromatic carbocycles. The Kier molecular flexibility index (Phi) is 2.56. The lowest BCUT2D eigenvalue weighted by Crippen LogP contribution is -2.28. The Morgan fingerprint density at radius 1 is 1.36 bits per heavy atom. The van der Waals surface area contributed by atoms with Crippen molar-refractivity contribution in [3.8, 4) is 0 Å². The molecule has 0 saturated heterocycles. The van der Waals surface area contributed by atoms with Gasteiger partial charge in [-0.1, -0.05) is 15.9 Å². The molecule has 14 heavy (non-hydrogen) atoms. The number of hydrogen-bond donors (Lipinski definition) is 1. The first-order valence-electron chi connectivity index (χ1n) is 4.47. The second-order valence-corrected chi connectivity index (χ2v) is 4.32. The van der Waals surface area contributed by atoms with Gasteiger partial charge in [-0.3, -0.25) is 10.0 Å². The number of nitrogens with zero attached hydrogens (tertiary/aromatic N) is 1. The molecule has 2 rings (SSSR count). The smallest absolute Gasteiger partial charge is 0.253 e. The predicted molar refractivity (Wildman–Crippen MR) is 56.1 cm³/mol. The summed E-state index contributed by atoms with van der Waals surface area (Å²) in [6.45, 7) is 0. The van der Waals surface area contributed by atoms with E-state index in [0.29, 0.717) is 5.69 Å².